The second kappa shape index (κ2) is 6.10. The van der Waals surface area contributed by atoms with Crippen LogP contribution in [0.1, 0.15) is 15.9 Å². The molecule has 0 aliphatic rings. The van der Waals surface area contributed by atoms with Crippen LogP contribution in [0.2, 0.25) is 8.67 Å². The van der Waals surface area contributed by atoms with Crippen LogP contribution in [0.4, 0.5) is 5.69 Å². The molecule has 1 amide bonds. The highest BCUT2D eigenvalue weighted by molar-refractivity contribution is 7.80. The van der Waals surface area contributed by atoms with Crippen molar-refractivity contribution in [2.24, 2.45) is 5.73 Å². The Morgan fingerprint density at radius 3 is 2.50 bits per heavy atom. The van der Waals surface area contributed by atoms with Gasteiger partial charge in [0.25, 0.3) is 5.91 Å². The first kappa shape index (κ1) is 15.3. The van der Waals surface area contributed by atoms with E-state index < -0.39 is 0 Å². The first-order valence-corrected chi connectivity index (χ1v) is 7.51. The van der Waals surface area contributed by atoms with Crippen molar-refractivity contribution in [1.29, 1.82) is 0 Å². The molecule has 0 fully saturated rings. The molecule has 20 heavy (non-hydrogen) atoms. The highest BCUT2D eigenvalue weighted by atomic mass is 35.5. The van der Waals surface area contributed by atoms with E-state index in [0.717, 1.165) is 11.3 Å². The molecule has 0 unspecified atom stereocenters. The molecule has 104 valence electrons. The number of nitrogens with two attached hydrogens (primary N) is 1. The summed E-state index contributed by atoms with van der Waals surface area (Å²) in [7, 11) is 1.64. The molecule has 2 N–H and O–H groups in total. The summed E-state index contributed by atoms with van der Waals surface area (Å²) in [4.78, 5) is 14.1. The van der Waals surface area contributed by atoms with Gasteiger partial charge in [-0.25, -0.2) is 0 Å². The van der Waals surface area contributed by atoms with E-state index in [1.807, 2.05) is 12.1 Å². The Morgan fingerprint density at radius 1 is 1.30 bits per heavy atom. The standard InChI is InChI=1S/C13H10Cl2N2OS2/c1-17(9-5-3-2-4-7(9)12(16)19)13(18)8-6-10(14)20-11(8)15/h2-6H,1H3,(H2,16,19). The smallest absolute Gasteiger partial charge is 0.260 e. The van der Waals surface area contributed by atoms with E-state index in [1.54, 1.807) is 25.2 Å². The zero-order valence-corrected chi connectivity index (χ0v) is 13.5. The third kappa shape index (κ3) is 2.96. The molecule has 3 nitrogen and oxygen atoms in total. The number of amides is 1. The number of hydrogen-bond donors (Lipinski definition) is 1. The predicted octanol–water partition coefficient (Wildman–Crippen LogP) is 3.97. The molecule has 1 aromatic heterocycles. The molecular weight excluding hydrogens is 335 g/mol. The Labute approximate surface area is 135 Å². The SMILES string of the molecule is CN(C(=O)c1cc(Cl)sc1Cl)c1ccccc1C(N)=S. The number of halogens is 2. The third-order valence-corrected chi connectivity index (χ3v) is 4.43. The Morgan fingerprint density at radius 2 is 1.95 bits per heavy atom. The molecule has 0 atom stereocenters. The number of carbonyl (C=O) groups is 1. The lowest BCUT2D eigenvalue weighted by atomic mass is 10.1. The number of nitrogens with zero attached hydrogens (tertiary/aromatic N) is 1. The molecule has 0 saturated heterocycles. The van der Waals surface area contributed by atoms with Crippen molar-refractivity contribution < 1.29 is 4.79 Å². The van der Waals surface area contributed by atoms with Crippen LogP contribution in [0, 0.1) is 0 Å². The summed E-state index contributed by atoms with van der Waals surface area (Å²) < 4.78 is 0.828. The minimum Gasteiger partial charge on any atom is -0.389 e. The van der Waals surface area contributed by atoms with Crippen LogP contribution in [0.25, 0.3) is 0 Å². The average molecular weight is 345 g/mol. The van der Waals surface area contributed by atoms with Crippen LogP contribution in [0.15, 0.2) is 30.3 Å². The van der Waals surface area contributed by atoms with Gasteiger partial charge in [0.05, 0.1) is 15.6 Å². The van der Waals surface area contributed by atoms with Crippen molar-refractivity contribution in [2.45, 2.75) is 0 Å². The van der Waals surface area contributed by atoms with Crippen LogP contribution >= 0.6 is 46.8 Å². The topological polar surface area (TPSA) is 46.3 Å². The molecule has 0 aliphatic heterocycles. The minimum absolute atomic E-state index is 0.231. The molecule has 0 spiro atoms. The number of carbonyl (C=O) groups excluding carboxylic acids is 1. The summed E-state index contributed by atoms with van der Waals surface area (Å²) in [6.45, 7) is 0. The summed E-state index contributed by atoms with van der Waals surface area (Å²) in [5.74, 6) is -0.262. The van der Waals surface area contributed by atoms with Crippen LogP contribution in [-0.2, 0) is 0 Å². The lowest BCUT2D eigenvalue weighted by Gasteiger charge is -2.20. The lowest BCUT2D eigenvalue weighted by molar-refractivity contribution is 0.0993. The van der Waals surface area contributed by atoms with E-state index >= 15 is 0 Å². The maximum absolute atomic E-state index is 12.5. The highest BCUT2D eigenvalue weighted by Gasteiger charge is 2.21. The van der Waals surface area contributed by atoms with Crippen LogP contribution in [0.5, 0.6) is 0 Å². The van der Waals surface area contributed by atoms with Gasteiger partial charge in [-0.1, -0.05) is 47.6 Å². The van der Waals surface area contributed by atoms with Gasteiger partial charge in [-0.3, -0.25) is 4.79 Å². The van der Waals surface area contributed by atoms with E-state index in [-0.39, 0.29) is 10.9 Å². The van der Waals surface area contributed by atoms with Crippen LogP contribution in [-0.4, -0.2) is 17.9 Å². The van der Waals surface area contributed by atoms with Crippen LogP contribution in [0.3, 0.4) is 0 Å². The molecule has 1 aromatic carbocycles. The Balaban J connectivity index is 2.41. The molecule has 0 saturated carbocycles. The molecule has 0 bridgehead atoms. The predicted molar refractivity (Wildman–Crippen MR) is 89.4 cm³/mol. The van der Waals surface area contributed by atoms with Gasteiger partial charge in [-0.2, -0.15) is 0 Å². The molecule has 1 heterocycles. The number of para-hydroxylation sites is 1. The molecule has 7 heteroatoms. The third-order valence-electron chi connectivity index (χ3n) is 2.72. The van der Waals surface area contributed by atoms with Gasteiger partial charge < -0.3 is 10.6 Å². The monoisotopic (exact) mass is 344 g/mol. The Bertz CT molecular complexity index is 685. The van der Waals surface area contributed by atoms with Crippen molar-refractivity contribution in [3.05, 3.63) is 50.1 Å². The van der Waals surface area contributed by atoms with Gasteiger partial charge in [0.15, 0.2) is 0 Å². The number of rotatable bonds is 3. The second-order valence-electron chi connectivity index (χ2n) is 3.98. The van der Waals surface area contributed by atoms with E-state index in [0.29, 0.717) is 25.5 Å². The van der Waals surface area contributed by atoms with Gasteiger partial charge in [-0.15, -0.1) is 11.3 Å². The fourth-order valence-electron chi connectivity index (χ4n) is 1.75. The van der Waals surface area contributed by atoms with E-state index in [1.165, 1.54) is 4.90 Å². The van der Waals surface area contributed by atoms with Gasteiger partial charge in [0, 0.05) is 12.6 Å². The summed E-state index contributed by atoms with van der Waals surface area (Å²) in [6.07, 6.45) is 0. The molecule has 2 rings (SSSR count). The normalized spacial score (nSPS) is 10.3. The van der Waals surface area contributed by atoms with Crippen molar-refractivity contribution >= 4 is 63.3 Å². The van der Waals surface area contributed by atoms with Gasteiger partial charge in [-0.05, 0) is 18.2 Å². The maximum atomic E-state index is 12.5. The first-order valence-electron chi connectivity index (χ1n) is 5.53. The number of thiocarbonyl (C=S) groups is 1. The maximum Gasteiger partial charge on any atom is 0.260 e. The zero-order valence-electron chi connectivity index (χ0n) is 10.4. The summed E-state index contributed by atoms with van der Waals surface area (Å²) in [6, 6.07) is 8.71. The molecule has 0 radical (unpaired) electrons. The first-order chi connectivity index (χ1) is 9.41. The van der Waals surface area contributed by atoms with Gasteiger partial charge in [0.2, 0.25) is 0 Å². The number of hydrogen-bond acceptors (Lipinski definition) is 3. The molecule has 2 aromatic rings. The minimum atomic E-state index is -0.262. The van der Waals surface area contributed by atoms with E-state index in [2.05, 4.69) is 0 Å². The van der Waals surface area contributed by atoms with Crippen molar-refractivity contribution in [3.8, 4) is 0 Å². The lowest BCUT2D eigenvalue weighted by Crippen LogP contribution is -2.28. The van der Waals surface area contributed by atoms with Crippen LogP contribution < -0.4 is 10.6 Å². The number of benzene rings is 1. The Hall–Kier alpha value is -1.14. The largest absolute Gasteiger partial charge is 0.389 e. The summed E-state index contributed by atoms with van der Waals surface area (Å²) >= 11 is 18.0. The fourth-order valence-corrected chi connectivity index (χ4v) is 3.37. The summed E-state index contributed by atoms with van der Waals surface area (Å²) in [5.41, 5.74) is 7.30. The fraction of sp³-hybridized carbons (Fsp3) is 0.0769. The number of anilines is 1. The van der Waals surface area contributed by atoms with E-state index in [9.17, 15) is 4.79 Å². The van der Waals surface area contributed by atoms with Gasteiger partial charge in [0.1, 0.15) is 9.32 Å². The summed E-state index contributed by atoms with van der Waals surface area (Å²) in [5, 5.41) is 0. The second-order valence-corrected chi connectivity index (χ2v) is 6.71. The molecular formula is C13H10Cl2N2OS2. The quantitative estimate of drug-likeness (QED) is 0.857. The molecule has 0 aliphatic carbocycles. The average Bonchev–Trinajstić information content (AvgIpc) is 2.76. The highest BCUT2D eigenvalue weighted by Crippen LogP contribution is 2.33. The Kier molecular flexibility index (Phi) is 4.65. The van der Waals surface area contributed by atoms with Gasteiger partial charge >= 0.3 is 0 Å². The van der Waals surface area contributed by atoms with Crippen molar-refractivity contribution in [2.75, 3.05) is 11.9 Å². The van der Waals surface area contributed by atoms with Crippen molar-refractivity contribution in [3.63, 3.8) is 0 Å². The number of thiophene rings is 1. The zero-order chi connectivity index (χ0) is 14.9. The van der Waals surface area contributed by atoms with E-state index in [4.69, 9.17) is 41.2 Å². The van der Waals surface area contributed by atoms with Crippen molar-refractivity contribution in [1.82, 2.24) is 0 Å².